The summed E-state index contributed by atoms with van der Waals surface area (Å²) in [5.74, 6) is 1.92. The van der Waals surface area contributed by atoms with E-state index in [4.69, 9.17) is 0 Å². The van der Waals surface area contributed by atoms with Gasteiger partial charge in [-0.3, -0.25) is 0 Å². The molecule has 0 heterocycles. The number of fused-ring (bicyclic) bond motifs is 1. The second kappa shape index (κ2) is 11.4. The molecular weight excluding hydrogens is 410 g/mol. The van der Waals surface area contributed by atoms with Gasteiger partial charge in [0.15, 0.2) is 0 Å². The van der Waals surface area contributed by atoms with Crippen LogP contribution in [0.1, 0.15) is 94.6 Å². The van der Waals surface area contributed by atoms with Crippen LogP contribution < -0.4 is 0 Å². The van der Waals surface area contributed by atoms with Gasteiger partial charge in [0, 0.05) is 0 Å². The van der Waals surface area contributed by atoms with Crippen molar-refractivity contribution >= 4 is 0 Å². The molecule has 2 aromatic rings. The summed E-state index contributed by atoms with van der Waals surface area (Å²) >= 11 is 0. The average Bonchev–Trinajstić information content (AvgIpc) is 2.83. The molecule has 4 atom stereocenters. The van der Waals surface area contributed by atoms with Crippen LogP contribution in [0, 0.1) is 29.4 Å². The van der Waals surface area contributed by atoms with Crippen molar-refractivity contribution in [3.05, 3.63) is 71.8 Å². The molecule has 4 rings (SSSR count). The first-order valence-corrected chi connectivity index (χ1v) is 13.3. The Morgan fingerprint density at radius 2 is 1.61 bits per heavy atom. The van der Waals surface area contributed by atoms with E-state index in [1.165, 1.54) is 51.4 Å². The van der Waals surface area contributed by atoms with Gasteiger partial charge in [0.1, 0.15) is 11.6 Å². The highest BCUT2D eigenvalue weighted by Gasteiger charge is 2.36. The third-order valence-electron chi connectivity index (χ3n) is 8.35. The number of benzene rings is 2. The molecule has 0 nitrogen and oxygen atoms in total. The second-order valence-corrected chi connectivity index (χ2v) is 10.6. The zero-order valence-corrected chi connectivity index (χ0v) is 20.3. The minimum absolute atomic E-state index is 0.107. The molecular formula is C31H40F2. The Hall–Kier alpha value is -1.96. The Morgan fingerprint density at radius 1 is 0.909 bits per heavy atom. The van der Waals surface area contributed by atoms with Crippen molar-refractivity contribution in [1.82, 2.24) is 0 Å². The van der Waals surface area contributed by atoms with E-state index in [1.54, 1.807) is 12.1 Å². The van der Waals surface area contributed by atoms with E-state index in [9.17, 15) is 0 Å². The summed E-state index contributed by atoms with van der Waals surface area (Å²) in [6.45, 7) is 6.03. The SMILES string of the molecule is C=CCCc1ccc(-c2c(F)cc(C3CCC4CC(CCCCC)CCC4C3)cc2F)cc1. The van der Waals surface area contributed by atoms with Crippen LogP contribution in [0.4, 0.5) is 8.78 Å². The van der Waals surface area contributed by atoms with Crippen LogP contribution in [-0.2, 0) is 6.42 Å². The lowest BCUT2D eigenvalue weighted by molar-refractivity contribution is 0.113. The predicted molar refractivity (Wildman–Crippen MR) is 135 cm³/mol. The average molecular weight is 451 g/mol. The van der Waals surface area contributed by atoms with E-state index in [2.05, 4.69) is 13.5 Å². The highest BCUT2D eigenvalue weighted by Crippen LogP contribution is 2.48. The van der Waals surface area contributed by atoms with E-state index in [-0.39, 0.29) is 5.56 Å². The van der Waals surface area contributed by atoms with E-state index in [0.717, 1.165) is 54.6 Å². The lowest BCUT2D eigenvalue weighted by atomic mass is 9.63. The standard InChI is InChI=1S/C31H40F2/c1-3-5-7-9-23-12-15-26-19-27(17-16-25(26)18-23)28-20-29(32)31(30(33)21-28)24-13-10-22(11-14-24)8-6-4-2/h4,10-11,13-14,20-21,23,25-27H,2-3,5-9,12,15-19H2,1H3. The van der Waals surface area contributed by atoms with Gasteiger partial charge < -0.3 is 0 Å². The summed E-state index contributed by atoms with van der Waals surface area (Å²) in [7, 11) is 0. The molecule has 2 aromatic carbocycles. The quantitative estimate of drug-likeness (QED) is 0.263. The predicted octanol–water partition coefficient (Wildman–Crippen LogP) is 9.63. The van der Waals surface area contributed by atoms with Crippen molar-refractivity contribution in [2.45, 2.75) is 89.9 Å². The van der Waals surface area contributed by atoms with Crippen LogP contribution in [0.2, 0.25) is 0 Å². The highest BCUT2D eigenvalue weighted by molar-refractivity contribution is 5.65. The van der Waals surface area contributed by atoms with E-state index in [0.29, 0.717) is 11.5 Å². The first-order valence-electron chi connectivity index (χ1n) is 13.3. The minimum atomic E-state index is -0.425. The van der Waals surface area contributed by atoms with E-state index >= 15 is 8.78 Å². The molecule has 178 valence electrons. The van der Waals surface area contributed by atoms with Crippen LogP contribution in [0.25, 0.3) is 11.1 Å². The van der Waals surface area contributed by atoms with Crippen molar-refractivity contribution in [2.24, 2.45) is 17.8 Å². The Bertz CT molecular complexity index is 890. The van der Waals surface area contributed by atoms with Gasteiger partial charge in [0.05, 0.1) is 5.56 Å². The Kier molecular flexibility index (Phi) is 8.39. The molecule has 0 amide bonds. The highest BCUT2D eigenvalue weighted by atomic mass is 19.1. The largest absolute Gasteiger partial charge is 0.206 e. The van der Waals surface area contributed by atoms with Crippen LogP contribution in [-0.4, -0.2) is 0 Å². The van der Waals surface area contributed by atoms with Gasteiger partial charge in [0.2, 0.25) is 0 Å². The monoisotopic (exact) mass is 450 g/mol. The maximum atomic E-state index is 15.1. The molecule has 2 heteroatoms. The molecule has 2 aliphatic rings. The van der Waals surface area contributed by atoms with Gasteiger partial charge >= 0.3 is 0 Å². The molecule has 0 bridgehead atoms. The zero-order chi connectivity index (χ0) is 23.2. The molecule has 2 saturated carbocycles. The lowest BCUT2D eigenvalue weighted by Crippen LogP contribution is -2.30. The molecule has 0 radical (unpaired) electrons. The first-order chi connectivity index (χ1) is 16.1. The Labute approximate surface area is 199 Å². The Balaban J connectivity index is 1.41. The number of hydrogen-bond donors (Lipinski definition) is 0. The number of rotatable bonds is 9. The topological polar surface area (TPSA) is 0 Å². The first kappa shape index (κ1) is 24.2. The normalized spacial score (nSPS) is 24.9. The Morgan fingerprint density at radius 3 is 2.30 bits per heavy atom. The summed E-state index contributed by atoms with van der Waals surface area (Å²) < 4.78 is 30.3. The van der Waals surface area contributed by atoms with Crippen molar-refractivity contribution in [3.8, 4) is 11.1 Å². The maximum Gasteiger partial charge on any atom is 0.134 e. The van der Waals surface area contributed by atoms with Crippen LogP contribution in [0.15, 0.2) is 49.1 Å². The van der Waals surface area contributed by atoms with Gasteiger partial charge in [-0.15, -0.1) is 6.58 Å². The van der Waals surface area contributed by atoms with Crippen LogP contribution >= 0.6 is 0 Å². The van der Waals surface area contributed by atoms with Crippen LogP contribution in [0.3, 0.4) is 0 Å². The molecule has 0 spiro atoms. The van der Waals surface area contributed by atoms with Gasteiger partial charge in [-0.05, 0) is 97.4 Å². The lowest BCUT2D eigenvalue weighted by Gasteiger charge is -2.42. The number of unbranched alkanes of at least 4 members (excludes halogenated alkanes) is 2. The van der Waals surface area contributed by atoms with Gasteiger partial charge in [-0.25, -0.2) is 8.78 Å². The third kappa shape index (κ3) is 5.94. The van der Waals surface area contributed by atoms with Crippen molar-refractivity contribution < 1.29 is 8.78 Å². The summed E-state index contributed by atoms with van der Waals surface area (Å²) in [6, 6.07) is 10.8. The zero-order valence-electron chi connectivity index (χ0n) is 20.3. The molecule has 0 aromatic heterocycles. The fourth-order valence-electron chi connectivity index (χ4n) is 6.45. The van der Waals surface area contributed by atoms with Crippen molar-refractivity contribution in [2.75, 3.05) is 0 Å². The fourth-order valence-corrected chi connectivity index (χ4v) is 6.45. The van der Waals surface area contributed by atoms with Crippen molar-refractivity contribution in [3.63, 3.8) is 0 Å². The fraction of sp³-hybridized carbons (Fsp3) is 0.548. The second-order valence-electron chi connectivity index (χ2n) is 10.6. The van der Waals surface area contributed by atoms with Gasteiger partial charge in [-0.1, -0.05) is 69.4 Å². The smallest absolute Gasteiger partial charge is 0.134 e. The number of halogens is 2. The van der Waals surface area contributed by atoms with E-state index < -0.39 is 11.6 Å². The number of allylic oxidation sites excluding steroid dienone is 1. The summed E-state index contributed by atoms with van der Waals surface area (Å²) in [6.07, 6.45) is 16.5. The molecule has 0 aliphatic heterocycles. The summed E-state index contributed by atoms with van der Waals surface area (Å²) in [5.41, 5.74) is 2.74. The number of hydrogen-bond acceptors (Lipinski definition) is 0. The van der Waals surface area contributed by atoms with Gasteiger partial charge in [-0.2, -0.15) is 0 Å². The molecule has 2 aliphatic carbocycles. The van der Waals surface area contributed by atoms with Crippen LogP contribution in [0.5, 0.6) is 0 Å². The van der Waals surface area contributed by atoms with Crippen molar-refractivity contribution in [1.29, 1.82) is 0 Å². The molecule has 4 unspecified atom stereocenters. The summed E-state index contributed by atoms with van der Waals surface area (Å²) in [5, 5.41) is 0. The minimum Gasteiger partial charge on any atom is -0.206 e. The van der Waals surface area contributed by atoms with E-state index in [1.807, 2.05) is 30.3 Å². The maximum absolute atomic E-state index is 15.1. The molecule has 0 saturated heterocycles. The third-order valence-corrected chi connectivity index (χ3v) is 8.35. The summed E-state index contributed by atoms with van der Waals surface area (Å²) in [4.78, 5) is 0. The molecule has 2 fully saturated rings. The molecule has 0 N–H and O–H groups in total. The number of aryl methyl sites for hydroxylation is 1. The van der Waals surface area contributed by atoms with Gasteiger partial charge in [0.25, 0.3) is 0 Å². The molecule has 33 heavy (non-hydrogen) atoms.